The van der Waals surface area contributed by atoms with Gasteiger partial charge in [0.05, 0.1) is 11.5 Å². The van der Waals surface area contributed by atoms with E-state index in [9.17, 15) is 13.2 Å². The normalized spacial score (nSPS) is 17.7. The zero-order valence-electron chi connectivity index (χ0n) is 16.3. The van der Waals surface area contributed by atoms with E-state index in [4.69, 9.17) is 4.74 Å². The van der Waals surface area contributed by atoms with E-state index in [1.165, 1.54) is 0 Å². The molecule has 1 fully saturated rings. The van der Waals surface area contributed by atoms with Crippen LogP contribution in [-0.4, -0.2) is 43.4 Å². The van der Waals surface area contributed by atoms with E-state index in [1.807, 2.05) is 54.6 Å². The Morgan fingerprint density at radius 3 is 2.50 bits per heavy atom. The number of rotatable bonds is 6. The van der Waals surface area contributed by atoms with Crippen LogP contribution in [0.4, 0.5) is 0 Å². The molecule has 156 valence electrons. The molecule has 1 saturated heterocycles. The van der Waals surface area contributed by atoms with Crippen LogP contribution in [0.25, 0.3) is 10.8 Å². The highest BCUT2D eigenvalue weighted by molar-refractivity contribution is 9.10. The Morgan fingerprint density at radius 2 is 1.77 bits per heavy atom. The molecule has 0 spiro atoms. The summed E-state index contributed by atoms with van der Waals surface area (Å²) >= 11 is 3.37. The standard InChI is InChI=1S/C23H22BrNO4S/c24-19-8-10-21(11-9-19)29-15-23(26)25(20-12-13-30(27,28)16-20)14-18-6-3-5-17-4-1-2-7-22(17)18/h1-11,20H,12-16H2/t20-/m1/s1. The third-order valence-corrected chi connectivity index (χ3v) is 7.65. The van der Waals surface area contributed by atoms with Gasteiger partial charge in [-0.05, 0) is 47.0 Å². The van der Waals surface area contributed by atoms with Crippen LogP contribution >= 0.6 is 15.9 Å². The van der Waals surface area contributed by atoms with Gasteiger partial charge in [-0.15, -0.1) is 0 Å². The minimum absolute atomic E-state index is 0.00178. The van der Waals surface area contributed by atoms with E-state index in [-0.39, 0.29) is 30.1 Å². The highest BCUT2D eigenvalue weighted by atomic mass is 79.9. The maximum Gasteiger partial charge on any atom is 0.261 e. The van der Waals surface area contributed by atoms with Gasteiger partial charge >= 0.3 is 0 Å². The van der Waals surface area contributed by atoms with Crippen molar-refractivity contribution in [2.45, 2.75) is 19.0 Å². The van der Waals surface area contributed by atoms with Gasteiger partial charge in [0.1, 0.15) is 5.75 Å². The molecule has 0 aliphatic carbocycles. The molecule has 3 aromatic rings. The molecule has 0 aromatic heterocycles. The van der Waals surface area contributed by atoms with Crippen LogP contribution in [0.15, 0.2) is 71.2 Å². The summed E-state index contributed by atoms with van der Waals surface area (Å²) in [5.74, 6) is 0.496. The molecule has 4 rings (SSSR count). The van der Waals surface area contributed by atoms with Gasteiger partial charge in [0.15, 0.2) is 16.4 Å². The Morgan fingerprint density at radius 1 is 1.03 bits per heavy atom. The smallest absolute Gasteiger partial charge is 0.261 e. The molecule has 7 heteroatoms. The van der Waals surface area contributed by atoms with Crippen molar-refractivity contribution in [1.29, 1.82) is 0 Å². The first kappa shape index (κ1) is 20.9. The van der Waals surface area contributed by atoms with Gasteiger partial charge in [-0.2, -0.15) is 0 Å². The van der Waals surface area contributed by atoms with Crippen molar-refractivity contribution >= 4 is 42.4 Å². The fourth-order valence-corrected chi connectivity index (χ4v) is 5.81. The van der Waals surface area contributed by atoms with E-state index in [0.29, 0.717) is 18.7 Å². The molecule has 5 nitrogen and oxygen atoms in total. The molecule has 3 aromatic carbocycles. The minimum Gasteiger partial charge on any atom is -0.484 e. The first-order valence-electron chi connectivity index (χ1n) is 9.76. The van der Waals surface area contributed by atoms with Crippen molar-refractivity contribution in [3.63, 3.8) is 0 Å². The summed E-state index contributed by atoms with van der Waals surface area (Å²) < 4.78 is 30.7. The molecule has 1 aliphatic heterocycles. The molecule has 1 atom stereocenters. The second kappa shape index (κ2) is 8.78. The number of carbonyl (C=O) groups is 1. The van der Waals surface area contributed by atoms with Crippen LogP contribution in [0.3, 0.4) is 0 Å². The average molecular weight is 488 g/mol. The number of benzene rings is 3. The van der Waals surface area contributed by atoms with Gasteiger partial charge in [0.25, 0.3) is 5.91 Å². The fourth-order valence-electron chi connectivity index (χ4n) is 3.81. The zero-order valence-corrected chi connectivity index (χ0v) is 18.7. The van der Waals surface area contributed by atoms with Gasteiger partial charge in [0.2, 0.25) is 0 Å². The second-order valence-corrected chi connectivity index (χ2v) is 10.6. The second-order valence-electron chi connectivity index (χ2n) is 7.46. The Balaban J connectivity index is 1.57. The highest BCUT2D eigenvalue weighted by Crippen LogP contribution is 2.25. The first-order valence-corrected chi connectivity index (χ1v) is 12.4. The lowest BCUT2D eigenvalue weighted by Crippen LogP contribution is -2.43. The molecule has 30 heavy (non-hydrogen) atoms. The molecule has 1 heterocycles. The number of hydrogen-bond acceptors (Lipinski definition) is 4. The summed E-state index contributed by atoms with van der Waals surface area (Å²) in [4.78, 5) is 14.8. The third kappa shape index (κ3) is 4.84. The number of ether oxygens (including phenoxy) is 1. The predicted molar refractivity (Wildman–Crippen MR) is 121 cm³/mol. The first-order chi connectivity index (χ1) is 14.4. The summed E-state index contributed by atoms with van der Waals surface area (Å²) in [5, 5.41) is 2.15. The molecular formula is C23H22BrNO4S. The van der Waals surface area contributed by atoms with Gasteiger partial charge in [-0.3, -0.25) is 4.79 Å². The summed E-state index contributed by atoms with van der Waals surface area (Å²) in [7, 11) is -3.12. The van der Waals surface area contributed by atoms with Crippen molar-refractivity contribution in [3.05, 3.63) is 76.8 Å². The highest BCUT2D eigenvalue weighted by Gasteiger charge is 2.35. The topological polar surface area (TPSA) is 63.7 Å². The Hall–Kier alpha value is -2.38. The lowest BCUT2D eigenvalue weighted by atomic mass is 10.0. The largest absolute Gasteiger partial charge is 0.484 e. The summed E-state index contributed by atoms with van der Waals surface area (Å²) in [6.45, 7) is 0.215. The number of halogens is 1. The molecule has 1 aliphatic rings. The van der Waals surface area contributed by atoms with Crippen LogP contribution in [0, 0.1) is 0 Å². The van der Waals surface area contributed by atoms with Gasteiger partial charge in [-0.25, -0.2) is 8.42 Å². The van der Waals surface area contributed by atoms with Gasteiger partial charge < -0.3 is 9.64 Å². The minimum atomic E-state index is -3.12. The Kier molecular flexibility index (Phi) is 6.11. The van der Waals surface area contributed by atoms with Gasteiger partial charge in [-0.1, -0.05) is 58.4 Å². The van der Waals surface area contributed by atoms with Crippen molar-refractivity contribution < 1.29 is 17.9 Å². The van der Waals surface area contributed by atoms with Crippen LogP contribution in [0.2, 0.25) is 0 Å². The van der Waals surface area contributed by atoms with E-state index < -0.39 is 9.84 Å². The van der Waals surface area contributed by atoms with E-state index in [0.717, 1.165) is 20.8 Å². The van der Waals surface area contributed by atoms with Crippen LogP contribution in [0.5, 0.6) is 5.75 Å². The average Bonchev–Trinajstić information content (AvgIpc) is 3.10. The number of fused-ring (bicyclic) bond motifs is 1. The molecule has 0 N–H and O–H groups in total. The van der Waals surface area contributed by atoms with Crippen molar-refractivity contribution in [2.24, 2.45) is 0 Å². The molecule has 0 saturated carbocycles. The molecule has 0 bridgehead atoms. The van der Waals surface area contributed by atoms with Crippen molar-refractivity contribution in [3.8, 4) is 5.75 Å². The Bertz CT molecular complexity index is 1160. The quantitative estimate of drug-likeness (QED) is 0.522. The van der Waals surface area contributed by atoms with Crippen molar-refractivity contribution in [1.82, 2.24) is 4.90 Å². The maximum absolute atomic E-state index is 13.1. The lowest BCUT2D eigenvalue weighted by Gasteiger charge is -2.29. The number of hydrogen-bond donors (Lipinski definition) is 0. The van der Waals surface area contributed by atoms with Crippen LogP contribution in [0.1, 0.15) is 12.0 Å². The fraction of sp³-hybridized carbons (Fsp3) is 0.261. The lowest BCUT2D eigenvalue weighted by molar-refractivity contribution is -0.135. The number of nitrogens with zero attached hydrogens (tertiary/aromatic N) is 1. The summed E-state index contributed by atoms with van der Waals surface area (Å²) in [5.41, 5.74) is 0.995. The van der Waals surface area contributed by atoms with Crippen LogP contribution in [-0.2, 0) is 21.2 Å². The van der Waals surface area contributed by atoms with E-state index in [2.05, 4.69) is 15.9 Å². The molecule has 1 amide bonds. The summed E-state index contributed by atoms with van der Waals surface area (Å²) in [6.07, 6.45) is 0.455. The number of carbonyl (C=O) groups excluding carboxylic acids is 1. The predicted octanol–water partition coefficient (Wildman–Crippen LogP) is 4.20. The van der Waals surface area contributed by atoms with Crippen molar-refractivity contribution in [2.75, 3.05) is 18.1 Å². The number of amides is 1. The van der Waals surface area contributed by atoms with E-state index in [1.54, 1.807) is 17.0 Å². The SMILES string of the molecule is O=C(COc1ccc(Br)cc1)N(Cc1cccc2ccccc12)[C@@H]1CCS(=O)(=O)C1. The maximum atomic E-state index is 13.1. The molecular weight excluding hydrogens is 466 g/mol. The monoisotopic (exact) mass is 487 g/mol. The molecule has 0 radical (unpaired) electrons. The van der Waals surface area contributed by atoms with E-state index >= 15 is 0 Å². The van der Waals surface area contributed by atoms with Crippen LogP contribution < -0.4 is 4.74 Å². The zero-order chi connectivity index (χ0) is 21.1. The molecule has 0 unspecified atom stereocenters. The third-order valence-electron chi connectivity index (χ3n) is 5.37. The summed E-state index contributed by atoms with van der Waals surface area (Å²) in [6, 6.07) is 20.9. The Labute approximate surface area is 184 Å². The number of sulfone groups is 1. The van der Waals surface area contributed by atoms with Gasteiger partial charge in [0, 0.05) is 17.1 Å².